The predicted molar refractivity (Wildman–Crippen MR) is 95.4 cm³/mol. The number of benzene rings is 2. The van der Waals surface area contributed by atoms with Gasteiger partial charge in [0.05, 0.1) is 0 Å². The molecule has 0 bridgehead atoms. The van der Waals surface area contributed by atoms with Gasteiger partial charge in [0, 0.05) is 0 Å². The van der Waals surface area contributed by atoms with E-state index in [-0.39, 0.29) is 0 Å². The first-order chi connectivity index (χ1) is 10.9. The molecule has 22 heavy (non-hydrogen) atoms. The minimum Gasteiger partial charge on any atom is -0.0622 e. The Morgan fingerprint density at radius 3 is 1.82 bits per heavy atom. The summed E-state index contributed by atoms with van der Waals surface area (Å²) in [5, 5.41) is 0. The summed E-state index contributed by atoms with van der Waals surface area (Å²) in [5.41, 5.74) is 6.24. The molecule has 0 nitrogen and oxygen atoms in total. The molecule has 0 fully saturated rings. The second kappa shape index (κ2) is 8.17. The summed E-state index contributed by atoms with van der Waals surface area (Å²) >= 11 is 0. The fourth-order valence-electron chi connectivity index (χ4n) is 3.41. The first-order valence-corrected chi connectivity index (χ1v) is 9.06. The van der Waals surface area contributed by atoms with E-state index in [0.29, 0.717) is 0 Å². The molecule has 0 saturated carbocycles. The molecule has 3 rings (SSSR count). The molecule has 116 valence electrons. The van der Waals surface area contributed by atoms with Crippen LogP contribution < -0.4 is 0 Å². The van der Waals surface area contributed by atoms with Crippen molar-refractivity contribution in [3.8, 4) is 0 Å². The zero-order valence-electron chi connectivity index (χ0n) is 13.7. The third-order valence-electron chi connectivity index (χ3n) is 4.96. The van der Waals surface area contributed by atoms with E-state index in [1.807, 2.05) is 0 Å². The maximum atomic E-state index is 2.44. The van der Waals surface area contributed by atoms with E-state index in [0.717, 1.165) is 0 Å². The standard InChI is InChI=1S/C22H28/c1(3-6-10-19-11-8-5-9-12-19)2-4-7-13-20-14-15-21-16-17-22(21)18-20/h5,8-9,11-12,14-15,18H,1-4,6-7,10,13,16-17H2. The highest BCUT2D eigenvalue weighted by molar-refractivity contribution is 5.38. The van der Waals surface area contributed by atoms with Crippen LogP contribution in [0.25, 0.3) is 0 Å². The third kappa shape index (κ3) is 4.47. The van der Waals surface area contributed by atoms with Crippen LogP contribution in [0, 0.1) is 0 Å². The first-order valence-electron chi connectivity index (χ1n) is 9.06. The topological polar surface area (TPSA) is 0 Å². The smallest absolute Gasteiger partial charge is 0.0235 e. The van der Waals surface area contributed by atoms with E-state index in [2.05, 4.69) is 48.5 Å². The van der Waals surface area contributed by atoms with Crippen LogP contribution in [0.5, 0.6) is 0 Å². The zero-order chi connectivity index (χ0) is 15.0. The fourth-order valence-corrected chi connectivity index (χ4v) is 3.41. The summed E-state index contributed by atoms with van der Waals surface area (Å²) in [7, 11) is 0. The van der Waals surface area contributed by atoms with Gasteiger partial charge in [0.2, 0.25) is 0 Å². The lowest BCUT2D eigenvalue weighted by molar-refractivity contribution is 0.593. The Labute approximate surface area is 135 Å². The molecule has 0 aromatic heterocycles. The Morgan fingerprint density at radius 1 is 0.545 bits per heavy atom. The number of fused-ring (bicyclic) bond motifs is 1. The number of hydrogen-bond donors (Lipinski definition) is 0. The van der Waals surface area contributed by atoms with Gasteiger partial charge in [-0.25, -0.2) is 0 Å². The van der Waals surface area contributed by atoms with Crippen LogP contribution in [-0.4, -0.2) is 0 Å². The Bertz CT molecular complexity index is 568. The molecule has 0 saturated heterocycles. The maximum absolute atomic E-state index is 2.44. The summed E-state index contributed by atoms with van der Waals surface area (Å²) in [4.78, 5) is 0. The monoisotopic (exact) mass is 292 g/mol. The molecule has 0 N–H and O–H groups in total. The Balaban J connectivity index is 1.21. The average Bonchev–Trinajstić information content (AvgIpc) is 2.53. The molecule has 1 aliphatic rings. The van der Waals surface area contributed by atoms with Crippen molar-refractivity contribution in [3.05, 3.63) is 70.8 Å². The Morgan fingerprint density at radius 2 is 1.18 bits per heavy atom. The van der Waals surface area contributed by atoms with Crippen LogP contribution in [0.3, 0.4) is 0 Å². The van der Waals surface area contributed by atoms with Crippen molar-refractivity contribution in [1.29, 1.82) is 0 Å². The van der Waals surface area contributed by atoms with E-state index in [9.17, 15) is 0 Å². The van der Waals surface area contributed by atoms with E-state index in [4.69, 9.17) is 0 Å². The molecule has 1 aliphatic carbocycles. The fraction of sp³-hybridized carbons (Fsp3) is 0.455. The third-order valence-corrected chi connectivity index (χ3v) is 4.96. The molecule has 2 aromatic rings. The van der Waals surface area contributed by atoms with Gasteiger partial charge >= 0.3 is 0 Å². The number of hydrogen-bond acceptors (Lipinski definition) is 0. The van der Waals surface area contributed by atoms with Crippen LogP contribution in [0.2, 0.25) is 0 Å². The quantitative estimate of drug-likeness (QED) is 0.504. The van der Waals surface area contributed by atoms with Gasteiger partial charge < -0.3 is 0 Å². The molecule has 0 heteroatoms. The van der Waals surface area contributed by atoms with Gasteiger partial charge in [-0.3, -0.25) is 0 Å². The first kappa shape index (κ1) is 15.3. The summed E-state index contributed by atoms with van der Waals surface area (Å²) in [6, 6.07) is 18.0. The van der Waals surface area contributed by atoms with E-state index in [1.54, 1.807) is 16.7 Å². The lowest BCUT2D eigenvalue weighted by Crippen LogP contribution is -2.08. The van der Waals surface area contributed by atoms with Crippen LogP contribution in [0.1, 0.15) is 60.8 Å². The average molecular weight is 292 g/mol. The molecule has 0 radical (unpaired) electrons. The second-order valence-electron chi connectivity index (χ2n) is 6.71. The summed E-state index contributed by atoms with van der Waals surface area (Å²) in [5.74, 6) is 0. The molecule has 2 aromatic carbocycles. The zero-order valence-corrected chi connectivity index (χ0v) is 13.7. The highest BCUT2D eigenvalue weighted by Gasteiger charge is 2.12. The van der Waals surface area contributed by atoms with Gasteiger partial charge in [0.1, 0.15) is 0 Å². The Kier molecular flexibility index (Phi) is 5.70. The van der Waals surface area contributed by atoms with Crippen molar-refractivity contribution in [2.24, 2.45) is 0 Å². The molecule has 0 unspecified atom stereocenters. The largest absolute Gasteiger partial charge is 0.0622 e. The molecule has 0 heterocycles. The normalized spacial score (nSPS) is 12.7. The van der Waals surface area contributed by atoms with Gasteiger partial charge in [-0.15, -0.1) is 0 Å². The Hall–Kier alpha value is -1.56. The second-order valence-corrected chi connectivity index (χ2v) is 6.71. The van der Waals surface area contributed by atoms with E-state index in [1.165, 1.54) is 69.8 Å². The van der Waals surface area contributed by atoms with Gasteiger partial charge in [-0.1, -0.05) is 74.2 Å². The number of rotatable bonds is 9. The van der Waals surface area contributed by atoms with E-state index >= 15 is 0 Å². The van der Waals surface area contributed by atoms with Crippen molar-refractivity contribution in [3.63, 3.8) is 0 Å². The highest BCUT2D eigenvalue weighted by atomic mass is 14.2. The lowest BCUT2D eigenvalue weighted by atomic mass is 9.86. The van der Waals surface area contributed by atoms with Crippen LogP contribution in [-0.2, 0) is 25.7 Å². The summed E-state index contributed by atoms with van der Waals surface area (Å²) in [6.07, 6.45) is 13.4. The van der Waals surface area contributed by atoms with E-state index < -0.39 is 0 Å². The van der Waals surface area contributed by atoms with Gasteiger partial charge in [0.15, 0.2) is 0 Å². The molecule has 0 amide bonds. The van der Waals surface area contributed by atoms with Gasteiger partial charge in [0.25, 0.3) is 0 Å². The van der Waals surface area contributed by atoms with Crippen molar-refractivity contribution < 1.29 is 0 Å². The van der Waals surface area contributed by atoms with Crippen LogP contribution in [0.4, 0.5) is 0 Å². The maximum Gasteiger partial charge on any atom is -0.0235 e. The summed E-state index contributed by atoms with van der Waals surface area (Å²) in [6.45, 7) is 0. The van der Waals surface area contributed by atoms with Gasteiger partial charge in [-0.2, -0.15) is 0 Å². The van der Waals surface area contributed by atoms with Crippen molar-refractivity contribution >= 4 is 0 Å². The molecular formula is C22H28. The number of unbranched alkanes of at least 4 members (excludes halogenated alkanes) is 5. The highest BCUT2D eigenvalue weighted by Crippen LogP contribution is 2.24. The molecule has 0 aliphatic heterocycles. The lowest BCUT2D eigenvalue weighted by Gasteiger charge is -2.19. The van der Waals surface area contributed by atoms with Crippen molar-refractivity contribution in [2.45, 2.75) is 64.2 Å². The minimum absolute atomic E-state index is 1.25. The molecule has 0 atom stereocenters. The molecular weight excluding hydrogens is 264 g/mol. The van der Waals surface area contributed by atoms with Gasteiger partial charge in [-0.05, 0) is 60.8 Å². The van der Waals surface area contributed by atoms with Crippen LogP contribution >= 0.6 is 0 Å². The van der Waals surface area contributed by atoms with Crippen LogP contribution in [0.15, 0.2) is 48.5 Å². The predicted octanol–water partition coefficient (Wildman–Crippen LogP) is 5.91. The molecule has 0 spiro atoms. The SMILES string of the molecule is c1ccc(CCCCCCCCc2ccc3c(c2)CC3)cc1. The van der Waals surface area contributed by atoms with Crippen molar-refractivity contribution in [2.75, 3.05) is 0 Å². The minimum atomic E-state index is 1.25. The number of aryl methyl sites for hydroxylation is 4. The van der Waals surface area contributed by atoms with Crippen molar-refractivity contribution in [1.82, 2.24) is 0 Å². The summed E-state index contributed by atoms with van der Waals surface area (Å²) < 4.78 is 0.